The van der Waals surface area contributed by atoms with E-state index in [1.807, 2.05) is 42.8 Å². The Morgan fingerprint density at radius 1 is 0.867 bits per heavy atom. The lowest BCUT2D eigenvalue weighted by Crippen LogP contribution is -2.50. The van der Waals surface area contributed by atoms with Gasteiger partial charge in [-0.1, -0.05) is 23.7 Å². The van der Waals surface area contributed by atoms with E-state index >= 15 is 0 Å². The van der Waals surface area contributed by atoms with Gasteiger partial charge in [-0.05, 0) is 45.5 Å². The van der Waals surface area contributed by atoms with Crippen molar-refractivity contribution in [2.24, 2.45) is 4.99 Å². The molecule has 2 fully saturated rings. The maximum absolute atomic E-state index is 13.7. The Morgan fingerprint density at radius 2 is 1.44 bits per heavy atom. The Morgan fingerprint density at radius 3 is 2.07 bits per heavy atom. The minimum Gasteiger partial charge on any atom is -0.339 e. The number of hydrogen-bond donors (Lipinski definition) is 0. The molecular weight excluding hydrogens is 612 g/mol. The van der Waals surface area contributed by atoms with E-state index < -0.39 is 6.04 Å². The molecule has 0 radical (unpaired) electrons. The molecule has 0 unspecified atom stereocenters. The average molecular weight is 649 g/mol. The third-order valence-electron chi connectivity index (χ3n) is 8.85. The zero-order chi connectivity index (χ0) is 31.8. The molecule has 3 aliphatic rings. The van der Waals surface area contributed by atoms with Crippen LogP contribution in [-0.2, 0) is 14.4 Å². The standard InChI is InChI=1S/C32H37ClN8O3S/c1-20-21(2)45-32-29(20)30(23-5-7-24(33)8-6-23)34-25(31-36-35-22(3)41(31)32)19-28(44)40-17-15-39(16-18-40)27(43)10-9-26(42)38-13-11-37(4)12-14-38/h5-10,25H,11-19H2,1-4H3/b10-9+/t25-/m0/s1. The number of rotatable bonds is 5. The second-order valence-electron chi connectivity index (χ2n) is 11.8. The number of thiophene rings is 1. The van der Waals surface area contributed by atoms with E-state index in [0.29, 0.717) is 50.1 Å². The normalized spacial score (nSPS) is 18.9. The Hall–Kier alpha value is -3.87. The highest BCUT2D eigenvalue weighted by Crippen LogP contribution is 2.39. The molecule has 0 aliphatic carbocycles. The minimum atomic E-state index is -0.549. The Balaban J connectivity index is 1.17. The fourth-order valence-electron chi connectivity index (χ4n) is 5.98. The van der Waals surface area contributed by atoms with Gasteiger partial charge >= 0.3 is 0 Å². The molecule has 2 aromatic heterocycles. The summed E-state index contributed by atoms with van der Waals surface area (Å²) in [6.07, 6.45) is 2.84. The number of carbonyl (C=O) groups is 3. The molecule has 3 amide bonds. The third-order valence-corrected chi connectivity index (χ3v) is 10.3. The first-order valence-electron chi connectivity index (χ1n) is 15.2. The highest BCUT2D eigenvalue weighted by molar-refractivity contribution is 7.15. The Bertz CT molecular complexity index is 1680. The molecule has 0 spiro atoms. The SMILES string of the molecule is Cc1sc2c(c1C)C(c1ccc(Cl)cc1)=N[C@@H](CC(=O)N1CCN(C(=O)/C=C/C(=O)N3CCN(C)CC3)CC1)c1nnc(C)n1-2. The number of halogens is 1. The first kappa shape index (κ1) is 31.1. The van der Waals surface area contributed by atoms with E-state index in [-0.39, 0.29) is 24.1 Å². The summed E-state index contributed by atoms with van der Waals surface area (Å²) in [5.41, 5.74) is 3.88. The molecule has 3 aliphatic heterocycles. The van der Waals surface area contributed by atoms with Crippen molar-refractivity contribution in [3.63, 3.8) is 0 Å². The van der Waals surface area contributed by atoms with Gasteiger partial charge in [0.2, 0.25) is 17.7 Å². The van der Waals surface area contributed by atoms with Crippen LogP contribution >= 0.6 is 22.9 Å². The van der Waals surface area contributed by atoms with Gasteiger partial charge in [0.25, 0.3) is 0 Å². The van der Waals surface area contributed by atoms with Crippen molar-refractivity contribution in [3.05, 3.63) is 74.7 Å². The number of nitrogens with zero attached hydrogens (tertiary/aromatic N) is 8. The van der Waals surface area contributed by atoms with Gasteiger partial charge in [-0.3, -0.25) is 23.9 Å². The van der Waals surface area contributed by atoms with Gasteiger partial charge in [-0.25, -0.2) is 0 Å². The predicted octanol–water partition coefficient (Wildman–Crippen LogP) is 3.19. The van der Waals surface area contributed by atoms with Crippen LogP contribution in [0.1, 0.15) is 45.7 Å². The van der Waals surface area contributed by atoms with E-state index in [2.05, 4.69) is 28.9 Å². The van der Waals surface area contributed by atoms with Gasteiger partial charge in [0.1, 0.15) is 16.9 Å². The van der Waals surface area contributed by atoms with Crippen LogP contribution in [0.4, 0.5) is 0 Å². The monoisotopic (exact) mass is 648 g/mol. The summed E-state index contributed by atoms with van der Waals surface area (Å²) in [5, 5.41) is 10.5. The minimum absolute atomic E-state index is 0.0579. The van der Waals surface area contributed by atoms with Gasteiger partial charge in [-0.2, -0.15) is 0 Å². The molecule has 6 rings (SSSR count). The number of piperazine rings is 2. The van der Waals surface area contributed by atoms with E-state index in [0.717, 1.165) is 46.3 Å². The number of aryl methyl sites for hydroxylation is 2. The van der Waals surface area contributed by atoms with Crippen LogP contribution in [0.25, 0.3) is 5.00 Å². The smallest absolute Gasteiger partial charge is 0.246 e. The topological polar surface area (TPSA) is 107 Å². The number of aromatic nitrogens is 3. The van der Waals surface area contributed by atoms with E-state index in [9.17, 15) is 14.4 Å². The van der Waals surface area contributed by atoms with Crippen molar-refractivity contribution in [3.8, 4) is 5.00 Å². The molecule has 2 saturated heterocycles. The molecule has 13 heteroatoms. The quantitative estimate of drug-likeness (QED) is 0.394. The average Bonchev–Trinajstić information content (AvgIpc) is 3.52. The van der Waals surface area contributed by atoms with Crippen LogP contribution in [-0.4, -0.2) is 117 Å². The zero-order valence-corrected chi connectivity index (χ0v) is 27.6. The van der Waals surface area contributed by atoms with Crippen LogP contribution in [0.2, 0.25) is 5.02 Å². The fraction of sp³-hybridized carbons (Fsp3) is 0.438. The molecule has 5 heterocycles. The molecule has 236 valence electrons. The van der Waals surface area contributed by atoms with Crippen LogP contribution in [0.5, 0.6) is 0 Å². The molecule has 0 bridgehead atoms. The Kier molecular flexibility index (Phi) is 8.89. The van der Waals surface area contributed by atoms with Crippen molar-refractivity contribution in [1.82, 2.24) is 34.4 Å². The highest BCUT2D eigenvalue weighted by Gasteiger charge is 2.34. The van der Waals surface area contributed by atoms with Crippen molar-refractivity contribution < 1.29 is 14.4 Å². The number of hydrogen-bond acceptors (Lipinski definition) is 8. The zero-order valence-electron chi connectivity index (χ0n) is 26.0. The third kappa shape index (κ3) is 6.31. The summed E-state index contributed by atoms with van der Waals surface area (Å²) in [7, 11) is 2.03. The van der Waals surface area contributed by atoms with Crippen molar-refractivity contribution in [2.45, 2.75) is 33.2 Å². The molecule has 45 heavy (non-hydrogen) atoms. The Labute approximate surface area is 271 Å². The van der Waals surface area contributed by atoms with Crippen LogP contribution < -0.4 is 0 Å². The number of aliphatic imine (C=N–C) groups is 1. The van der Waals surface area contributed by atoms with E-state index in [1.54, 1.807) is 26.0 Å². The molecular formula is C32H37ClN8O3S. The lowest BCUT2D eigenvalue weighted by Gasteiger charge is -2.34. The van der Waals surface area contributed by atoms with Crippen molar-refractivity contribution in [1.29, 1.82) is 0 Å². The summed E-state index contributed by atoms with van der Waals surface area (Å²) in [5.74, 6) is 0.957. The molecule has 0 saturated carbocycles. The van der Waals surface area contributed by atoms with Gasteiger partial charge in [0, 0.05) is 85.5 Å². The number of amides is 3. The second-order valence-corrected chi connectivity index (χ2v) is 13.4. The fourth-order valence-corrected chi connectivity index (χ4v) is 7.32. The second kappa shape index (κ2) is 12.9. The molecule has 1 aromatic carbocycles. The van der Waals surface area contributed by atoms with E-state index in [1.165, 1.54) is 17.0 Å². The maximum Gasteiger partial charge on any atom is 0.246 e. The van der Waals surface area contributed by atoms with Crippen molar-refractivity contribution in [2.75, 3.05) is 59.4 Å². The number of benzene rings is 1. The summed E-state index contributed by atoms with van der Waals surface area (Å²) < 4.78 is 2.04. The highest BCUT2D eigenvalue weighted by atomic mass is 35.5. The summed E-state index contributed by atoms with van der Waals surface area (Å²) in [6, 6.07) is 7.06. The lowest BCUT2D eigenvalue weighted by molar-refractivity contribution is -0.137. The number of likely N-dealkylation sites (N-methyl/N-ethyl adjacent to an activating group) is 1. The van der Waals surface area contributed by atoms with Gasteiger partial charge < -0.3 is 19.6 Å². The van der Waals surface area contributed by atoms with Crippen molar-refractivity contribution >= 4 is 46.4 Å². The van der Waals surface area contributed by atoms with Crippen LogP contribution in [0.3, 0.4) is 0 Å². The summed E-state index contributed by atoms with van der Waals surface area (Å²) in [6.45, 7) is 10.7. The number of carbonyl (C=O) groups excluding carboxylic acids is 3. The molecule has 11 nitrogen and oxygen atoms in total. The lowest BCUT2D eigenvalue weighted by atomic mass is 9.99. The predicted molar refractivity (Wildman–Crippen MR) is 174 cm³/mol. The number of fused-ring (bicyclic) bond motifs is 3. The molecule has 0 N–H and O–H groups in total. The molecule has 3 aromatic rings. The van der Waals surface area contributed by atoms with Gasteiger partial charge in [-0.15, -0.1) is 21.5 Å². The van der Waals surface area contributed by atoms with E-state index in [4.69, 9.17) is 16.6 Å². The first-order valence-corrected chi connectivity index (χ1v) is 16.4. The van der Waals surface area contributed by atoms with Crippen LogP contribution in [0, 0.1) is 20.8 Å². The summed E-state index contributed by atoms with van der Waals surface area (Å²) >= 11 is 7.89. The largest absolute Gasteiger partial charge is 0.339 e. The van der Waals surface area contributed by atoms with Crippen LogP contribution in [0.15, 0.2) is 41.4 Å². The summed E-state index contributed by atoms with van der Waals surface area (Å²) in [4.78, 5) is 52.9. The van der Waals surface area contributed by atoms with Gasteiger partial charge in [0.05, 0.1) is 12.1 Å². The first-order chi connectivity index (χ1) is 21.6. The maximum atomic E-state index is 13.7. The molecule has 1 atom stereocenters. The van der Waals surface area contributed by atoms with Gasteiger partial charge in [0.15, 0.2) is 5.82 Å².